The molecule has 0 spiro atoms. The summed E-state index contributed by atoms with van der Waals surface area (Å²) in [4.78, 5) is 16.8. The van der Waals surface area contributed by atoms with E-state index in [9.17, 15) is 9.90 Å². The SMILES string of the molecule is O=C(N[C@@H]1CC(Cn2cc(Cl)cn2)C[C@H]1O)c1ccc(-n2cccn2)nc1. The van der Waals surface area contributed by atoms with Crippen molar-refractivity contribution in [2.24, 2.45) is 5.92 Å². The quantitative estimate of drug-likeness (QED) is 0.695. The van der Waals surface area contributed by atoms with Crippen LogP contribution in [0.15, 0.2) is 49.2 Å². The number of carbonyl (C=O) groups is 1. The molecule has 1 aliphatic carbocycles. The Kier molecular flexibility index (Phi) is 4.91. The second-order valence-corrected chi connectivity index (χ2v) is 7.16. The number of halogens is 1. The van der Waals surface area contributed by atoms with Gasteiger partial charge in [-0.2, -0.15) is 10.2 Å². The highest BCUT2D eigenvalue weighted by molar-refractivity contribution is 6.30. The van der Waals surface area contributed by atoms with Crippen molar-refractivity contribution in [2.75, 3.05) is 0 Å². The lowest BCUT2D eigenvalue weighted by molar-refractivity contribution is 0.0872. The molecule has 0 bridgehead atoms. The molecule has 4 rings (SSSR count). The Morgan fingerprint density at radius 3 is 2.85 bits per heavy atom. The molecule has 1 saturated carbocycles. The van der Waals surface area contributed by atoms with Gasteiger partial charge in [0.15, 0.2) is 5.82 Å². The molecular formula is C18H19ClN6O2. The molecule has 1 fully saturated rings. The Morgan fingerprint density at radius 2 is 2.19 bits per heavy atom. The standard InChI is InChI=1S/C18H19ClN6O2/c19-14-9-22-24(11-14)10-12-6-15(16(26)7-12)23-18(27)13-2-3-17(20-8-13)25-5-1-4-21-25/h1-5,8-9,11-12,15-16,26H,6-7,10H2,(H,23,27)/t12?,15-,16-/m1/s1. The van der Waals surface area contributed by atoms with Crippen molar-refractivity contribution in [3.05, 3.63) is 59.8 Å². The van der Waals surface area contributed by atoms with E-state index in [1.165, 1.54) is 6.20 Å². The molecule has 3 aromatic heterocycles. The Labute approximate surface area is 160 Å². The lowest BCUT2D eigenvalue weighted by Crippen LogP contribution is -2.40. The van der Waals surface area contributed by atoms with E-state index < -0.39 is 6.10 Å². The van der Waals surface area contributed by atoms with Gasteiger partial charge in [0.1, 0.15) is 0 Å². The first-order chi connectivity index (χ1) is 13.1. The fraction of sp³-hybridized carbons (Fsp3) is 0.333. The minimum Gasteiger partial charge on any atom is -0.391 e. The summed E-state index contributed by atoms with van der Waals surface area (Å²) < 4.78 is 3.39. The lowest BCUT2D eigenvalue weighted by atomic mass is 10.1. The molecule has 3 atom stereocenters. The van der Waals surface area contributed by atoms with E-state index in [0.29, 0.717) is 35.8 Å². The van der Waals surface area contributed by atoms with Gasteiger partial charge in [0.25, 0.3) is 5.91 Å². The van der Waals surface area contributed by atoms with Crippen LogP contribution in [0.1, 0.15) is 23.2 Å². The number of aliphatic hydroxyl groups excluding tert-OH is 1. The zero-order chi connectivity index (χ0) is 18.8. The van der Waals surface area contributed by atoms with Gasteiger partial charge in [0.05, 0.1) is 28.9 Å². The van der Waals surface area contributed by atoms with E-state index >= 15 is 0 Å². The van der Waals surface area contributed by atoms with E-state index in [4.69, 9.17) is 11.6 Å². The van der Waals surface area contributed by atoms with Crippen molar-refractivity contribution in [3.8, 4) is 5.82 Å². The Morgan fingerprint density at radius 1 is 1.30 bits per heavy atom. The molecular weight excluding hydrogens is 368 g/mol. The molecule has 1 unspecified atom stereocenters. The first-order valence-electron chi connectivity index (χ1n) is 8.71. The number of rotatable bonds is 5. The molecule has 0 aliphatic heterocycles. The molecule has 8 nitrogen and oxygen atoms in total. The number of carbonyl (C=O) groups excluding carboxylic acids is 1. The van der Waals surface area contributed by atoms with Crippen LogP contribution in [-0.4, -0.2) is 47.7 Å². The minimum absolute atomic E-state index is 0.224. The summed E-state index contributed by atoms with van der Waals surface area (Å²) in [5.41, 5.74) is 0.445. The van der Waals surface area contributed by atoms with Gasteiger partial charge >= 0.3 is 0 Å². The summed E-state index contributed by atoms with van der Waals surface area (Å²) in [6, 6.07) is 4.94. The highest BCUT2D eigenvalue weighted by Gasteiger charge is 2.34. The van der Waals surface area contributed by atoms with Gasteiger partial charge in [-0.25, -0.2) is 9.67 Å². The number of nitrogens with zero attached hydrogens (tertiary/aromatic N) is 5. The van der Waals surface area contributed by atoms with Crippen LogP contribution in [0.25, 0.3) is 5.82 Å². The Bertz CT molecular complexity index is 908. The van der Waals surface area contributed by atoms with Crippen molar-refractivity contribution in [3.63, 3.8) is 0 Å². The average molecular weight is 387 g/mol. The van der Waals surface area contributed by atoms with Gasteiger partial charge in [0.2, 0.25) is 0 Å². The highest BCUT2D eigenvalue weighted by atomic mass is 35.5. The number of pyridine rings is 1. The molecule has 0 saturated heterocycles. The molecule has 27 heavy (non-hydrogen) atoms. The number of nitrogens with one attached hydrogen (secondary N) is 1. The van der Waals surface area contributed by atoms with Crippen molar-refractivity contribution in [2.45, 2.75) is 31.5 Å². The monoisotopic (exact) mass is 386 g/mol. The summed E-state index contributed by atoms with van der Waals surface area (Å²) in [5.74, 6) is 0.610. The Hall–Kier alpha value is -2.71. The van der Waals surface area contributed by atoms with Gasteiger partial charge in [-0.05, 0) is 37.0 Å². The van der Waals surface area contributed by atoms with Crippen molar-refractivity contribution in [1.29, 1.82) is 0 Å². The van der Waals surface area contributed by atoms with Crippen molar-refractivity contribution in [1.82, 2.24) is 29.9 Å². The van der Waals surface area contributed by atoms with Crippen LogP contribution in [-0.2, 0) is 6.54 Å². The van der Waals surface area contributed by atoms with Crippen LogP contribution in [0.3, 0.4) is 0 Å². The summed E-state index contributed by atoms with van der Waals surface area (Å²) in [6.45, 7) is 0.663. The maximum Gasteiger partial charge on any atom is 0.253 e. The van der Waals surface area contributed by atoms with Crippen LogP contribution in [0, 0.1) is 5.92 Å². The normalized spacial score (nSPS) is 22.1. The first-order valence-corrected chi connectivity index (χ1v) is 9.09. The molecule has 3 aromatic rings. The number of aliphatic hydroxyl groups is 1. The van der Waals surface area contributed by atoms with Crippen LogP contribution in [0.4, 0.5) is 0 Å². The smallest absolute Gasteiger partial charge is 0.253 e. The van der Waals surface area contributed by atoms with Gasteiger partial charge in [-0.15, -0.1) is 0 Å². The third-order valence-corrected chi connectivity index (χ3v) is 4.93. The molecule has 1 amide bonds. The maximum absolute atomic E-state index is 12.5. The molecule has 2 N–H and O–H groups in total. The maximum atomic E-state index is 12.5. The second kappa shape index (κ2) is 7.50. The lowest BCUT2D eigenvalue weighted by Gasteiger charge is -2.16. The number of hydrogen-bond donors (Lipinski definition) is 2. The molecule has 0 aromatic carbocycles. The fourth-order valence-electron chi connectivity index (χ4n) is 3.44. The first kappa shape index (κ1) is 17.7. The van der Waals surface area contributed by atoms with Crippen LogP contribution < -0.4 is 5.32 Å². The third kappa shape index (κ3) is 4.01. The van der Waals surface area contributed by atoms with Crippen LogP contribution in [0.2, 0.25) is 5.02 Å². The molecule has 140 valence electrons. The summed E-state index contributed by atoms with van der Waals surface area (Å²) >= 11 is 5.88. The van der Waals surface area contributed by atoms with Gasteiger partial charge in [0, 0.05) is 31.3 Å². The summed E-state index contributed by atoms with van der Waals surface area (Å²) in [6.07, 6.45) is 9.01. The van der Waals surface area contributed by atoms with Gasteiger partial charge < -0.3 is 10.4 Å². The van der Waals surface area contributed by atoms with Crippen molar-refractivity contribution < 1.29 is 9.90 Å². The predicted octanol–water partition coefficient (Wildman–Crippen LogP) is 1.69. The van der Waals surface area contributed by atoms with Crippen molar-refractivity contribution >= 4 is 17.5 Å². The third-order valence-electron chi connectivity index (χ3n) is 4.74. The zero-order valence-electron chi connectivity index (χ0n) is 14.4. The summed E-state index contributed by atoms with van der Waals surface area (Å²) in [7, 11) is 0. The van der Waals surface area contributed by atoms with E-state index in [0.717, 1.165) is 0 Å². The van der Waals surface area contributed by atoms with Gasteiger partial charge in [-0.3, -0.25) is 9.48 Å². The van der Waals surface area contributed by atoms with E-state index in [1.54, 1.807) is 52.4 Å². The van der Waals surface area contributed by atoms with Crippen LogP contribution >= 0.6 is 11.6 Å². The fourth-order valence-corrected chi connectivity index (χ4v) is 3.59. The largest absolute Gasteiger partial charge is 0.391 e. The van der Waals surface area contributed by atoms with E-state index in [-0.39, 0.29) is 17.9 Å². The predicted molar refractivity (Wildman–Crippen MR) is 98.6 cm³/mol. The number of amides is 1. The zero-order valence-corrected chi connectivity index (χ0v) is 15.2. The molecule has 3 heterocycles. The summed E-state index contributed by atoms with van der Waals surface area (Å²) in [5, 5.41) is 22.1. The van der Waals surface area contributed by atoms with Crippen LogP contribution in [0.5, 0.6) is 0 Å². The average Bonchev–Trinajstić information content (AvgIpc) is 3.39. The minimum atomic E-state index is -0.582. The highest BCUT2D eigenvalue weighted by Crippen LogP contribution is 2.28. The van der Waals surface area contributed by atoms with E-state index in [2.05, 4.69) is 20.5 Å². The second-order valence-electron chi connectivity index (χ2n) is 6.72. The molecule has 9 heteroatoms. The van der Waals surface area contributed by atoms with Gasteiger partial charge in [-0.1, -0.05) is 11.6 Å². The molecule has 1 aliphatic rings. The number of aromatic nitrogens is 5. The topological polar surface area (TPSA) is 97.9 Å². The van der Waals surface area contributed by atoms with E-state index in [1.807, 2.05) is 0 Å². The Balaban J connectivity index is 1.36. The molecule has 0 radical (unpaired) electrons. The number of hydrogen-bond acceptors (Lipinski definition) is 5.